The third kappa shape index (κ3) is 2.48. The first-order valence-corrected chi connectivity index (χ1v) is 6.92. The number of nitrogens with one attached hydrogen (secondary N) is 1. The molecule has 1 aromatic carbocycles. The molecule has 3 rings (SSSR count). The highest BCUT2D eigenvalue weighted by atomic mass is 16.1. The Morgan fingerprint density at radius 2 is 1.86 bits per heavy atom. The maximum atomic E-state index is 12.5. The second-order valence-corrected chi connectivity index (χ2v) is 5.14. The molecule has 2 aromatic heterocycles. The molecule has 0 aliphatic rings. The number of aromatic amines is 1. The van der Waals surface area contributed by atoms with Crippen molar-refractivity contribution in [1.29, 1.82) is 0 Å². The fourth-order valence-corrected chi connectivity index (χ4v) is 2.25. The molecule has 0 bridgehead atoms. The number of carbonyl (C=O) groups is 2. The van der Waals surface area contributed by atoms with Crippen LogP contribution in [0.5, 0.6) is 0 Å². The smallest absolute Gasteiger partial charge is 0.213 e. The van der Waals surface area contributed by atoms with Crippen molar-refractivity contribution in [2.45, 2.75) is 13.8 Å². The lowest BCUT2D eigenvalue weighted by Gasteiger charge is -2.00. The van der Waals surface area contributed by atoms with Crippen molar-refractivity contribution < 1.29 is 9.59 Å². The number of aryl methyl sites for hydroxylation is 1. The molecular formula is C17H15N3O2. The molecule has 5 nitrogen and oxygen atoms in total. The normalized spacial score (nSPS) is 10.6. The molecule has 1 N–H and O–H groups in total. The summed E-state index contributed by atoms with van der Waals surface area (Å²) < 4.78 is 1.56. The van der Waals surface area contributed by atoms with Crippen LogP contribution in [0.3, 0.4) is 0 Å². The third-order valence-electron chi connectivity index (χ3n) is 3.43. The van der Waals surface area contributed by atoms with Crippen LogP contribution in [0.1, 0.15) is 39.0 Å². The van der Waals surface area contributed by atoms with E-state index in [1.807, 2.05) is 31.2 Å². The SMILES string of the molecule is CC(=O)c1nn(-c2ccc(C)cc2)cc1C(=O)c1ccc[nH]1. The molecule has 0 saturated heterocycles. The van der Waals surface area contributed by atoms with Crippen LogP contribution in [0.15, 0.2) is 48.8 Å². The standard InChI is InChI=1S/C17H15N3O2/c1-11-5-7-13(8-6-11)20-10-14(16(19-20)12(2)21)17(22)15-4-3-9-18-15/h3-10,18H,1-2H3. The van der Waals surface area contributed by atoms with Crippen molar-refractivity contribution in [3.8, 4) is 5.69 Å². The van der Waals surface area contributed by atoms with Gasteiger partial charge in [0.15, 0.2) is 5.78 Å². The van der Waals surface area contributed by atoms with E-state index in [1.54, 1.807) is 29.2 Å². The summed E-state index contributed by atoms with van der Waals surface area (Å²) in [6.45, 7) is 3.40. The van der Waals surface area contributed by atoms with Crippen LogP contribution in [-0.2, 0) is 0 Å². The van der Waals surface area contributed by atoms with Crippen LogP contribution in [0.25, 0.3) is 5.69 Å². The largest absolute Gasteiger partial charge is 0.359 e. The van der Waals surface area contributed by atoms with E-state index in [0.717, 1.165) is 11.3 Å². The number of benzene rings is 1. The number of rotatable bonds is 4. The van der Waals surface area contributed by atoms with Crippen molar-refractivity contribution in [2.75, 3.05) is 0 Å². The van der Waals surface area contributed by atoms with E-state index in [-0.39, 0.29) is 17.3 Å². The predicted octanol–water partition coefficient (Wildman–Crippen LogP) is 2.94. The average Bonchev–Trinajstić information content (AvgIpc) is 3.17. The van der Waals surface area contributed by atoms with Gasteiger partial charge in [-0.1, -0.05) is 17.7 Å². The number of H-pyrrole nitrogens is 1. The molecule has 0 unspecified atom stereocenters. The minimum Gasteiger partial charge on any atom is -0.359 e. The Balaban J connectivity index is 2.08. The third-order valence-corrected chi connectivity index (χ3v) is 3.43. The number of ketones is 2. The van der Waals surface area contributed by atoms with E-state index in [1.165, 1.54) is 6.92 Å². The molecule has 22 heavy (non-hydrogen) atoms. The summed E-state index contributed by atoms with van der Waals surface area (Å²) in [6, 6.07) is 11.1. The maximum Gasteiger partial charge on any atom is 0.213 e. The van der Waals surface area contributed by atoms with E-state index in [9.17, 15) is 9.59 Å². The Morgan fingerprint density at radius 1 is 1.14 bits per heavy atom. The van der Waals surface area contributed by atoms with E-state index in [2.05, 4.69) is 10.1 Å². The Morgan fingerprint density at radius 3 is 2.45 bits per heavy atom. The van der Waals surface area contributed by atoms with Gasteiger partial charge in [-0.2, -0.15) is 5.10 Å². The monoisotopic (exact) mass is 293 g/mol. The van der Waals surface area contributed by atoms with Crippen LogP contribution < -0.4 is 0 Å². The zero-order valence-electron chi connectivity index (χ0n) is 12.3. The lowest BCUT2D eigenvalue weighted by molar-refractivity contribution is 0.0986. The Hall–Kier alpha value is -2.95. The van der Waals surface area contributed by atoms with Gasteiger partial charge in [0.05, 0.1) is 16.9 Å². The van der Waals surface area contributed by atoms with E-state index in [4.69, 9.17) is 0 Å². The Bertz CT molecular complexity index is 827. The number of aromatic nitrogens is 3. The molecule has 110 valence electrons. The van der Waals surface area contributed by atoms with Gasteiger partial charge in [0.1, 0.15) is 5.69 Å². The molecule has 2 heterocycles. The Kier molecular flexibility index (Phi) is 3.47. The van der Waals surface area contributed by atoms with Gasteiger partial charge in [-0.05, 0) is 31.2 Å². The molecule has 0 spiro atoms. The molecular weight excluding hydrogens is 278 g/mol. The minimum absolute atomic E-state index is 0.181. The summed E-state index contributed by atoms with van der Waals surface area (Å²) in [7, 11) is 0. The minimum atomic E-state index is -0.242. The van der Waals surface area contributed by atoms with Crippen molar-refractivity contribution in [2.24, 2.45) is 0 Å². The van der Waals surface area contributed by atoms with Gasteiger partial charge in [-0.15, -0.1) is 0 Å². The highest BCUT2D eigenvalue weighted by molar-refractivity contribution is 6.13. The second kappa shape index (κ2) is 5.44. The second-order valence-electron chi connectivity index (χ2n) is 5.14. The van der Waals surface area contributed by atoms with Gasteiger partial charge in [-0.25, -0.2) is 4.68 Å². The molecule has 3 aromatic rings. The number of hydrogen-bond acceptors (Lipinski definition) is 3. The lowest BCUT2D eigenvalue weighted by Crippen LogP contribution is -2.06. The van der Waals surface area contributed by atoms with Gasteiger partial charge in [-0.3, -0.25) is 9.59 Å². The number of carbonyl (C=O) groups excluding carboxylic acids is 2. The molecule has 0 amide bonds. The van der Waals surface area contributed by atoms with Gasteiger partial charge in [0.25, 0.3) is 0 Å². The first kappa shape index (κ1) is 14.0. The zero-order chi connectivity index (χ0) is 15.7. The molecule has 0 aliphatic heterocycles. The highest BCUT2D eigenvalue weighted by Gasteiger charge is 2.21. The fourth-order valence-electron chi connectivity index (χ4n) is 2.25. The summed E-state index contributed by atoms with van der Waals surface area (Å²) in [6.07, 6.45) is 3.27. The number of hydrogen-bond donors (Lipinski definition) is 1. The van der Waals surface area contributed by atoms with Gasteiger partial charge in [0.2, 0.25) is 5.78 Å². The van der Waals surface area contributed by atoms with Crippen molar-refractivity contribution in [3.05, 3.63) is 71.3 Å². The summed E-state index contributed by atoms with van der Waals surface area (Å²) in [4.78, 5) is 27.2. The summed E-state index contributed by atoms with van der Waals surface area (Å²) in [5.41, 5.74) is 2.85. The van der Waals surface area contributed by atoms with Gasteiger partial charge in [0, 0.05) is 19.3 Å². The van der Waals surface area contributed by atoms with Crippen LogP contribution in [0.2, 0.25) is 0 Å². The quantitative estimate of drug-likeness (QED) is 0.752. The molecule has 0 fully saturated rings. The van der Waals surface area contributed by atoms with Gasteiger partial charge >= 0.3 is 0 Å². The maximum absolute atomic E-state index is 12.5. The van der Waals surface area contributed by atoms with Crippen LogP contribution in [0, 0.1) is 6.92 Å². The van der Waals surface area contributed by atoms with Crippen LogP contribution in [0.4, 0.5) is 0 Å². The summed E-state index contributed by atoms with van der Waals surface area (Å²) in [5.74, 6) is -0.477. The molecule has 0 saturated carbocycles. The molecule has 0 aliphatic carbocycles. The average molecular weight is 293 g/mol. The van der Waals surface area contributed by atoms with E-state index < -0.39 is 0 Å². The Labute approximate surface area is 127 Å². The van der Waals surface area contributed by atoms with Gasteiger partial charge < -0.3 is 4.98 Å². The van der Waals surface area contributed by atoms with E-state index in [0.29, 0.717) is 11.3 Å². The topological polar surface area (TPSA) is 67.8 Å². The van der Waals surface area contributed by atoms with Crippen molar-refractivity contribution >= 4 is 11.6 Å². The number of nitrogens with zero attached hydrogens (tertiary/aromatic N) is 2. The molecule has 0 atom stereocenters. The summed E-state index contributed by atoms with van der Waals surface area (Å²) >= 11 is 0. The van der Waals surface area contributed by atoms with E-state index >= 15 is 0 Å². The van der Waals surface area contributed by atoms with Crippen molar-refractivity contribution in [1.82, 2.24) is 14.8 Å². The summed E-state index contributed by atoms with van der Waals surface area (Å²) in [5, 5.41) is 4.27. The fraction of sp³-hybridized carbons (Fsp3) is 0.118. The lowest BCUT2D eigenvalue weighted by atomic mass is 10.1. The predicted molar refractivity (Wildman–Crippen MR) is 82.5 cm³/mol. The van der Waals surface area contributed by atoms with Crippen molar-refractivity contribution in [3.63, 3.8) is 0 Å². The molecule has 0 radical (unpaired) electrons. The first-order valence-electron chi connectivity index (χ1n) is 6.92. The van der Waals surface area contributed by atoms with Crippen LogP contribution >= 0.6 is 0 Å². The number of Topliss-reactive ketones (excluding diaryl/α,β-unsaturated/α-hetero) is 1. The zero-order valence-corrected chi connectivity index (χ0v) is 12.3. The first-order chi connectivity index (χ1) is 10.6. The highest BCUT2D eigenvalue weighted by Crippen LogP contribution is 2.17. The molecule has 5 heteroatoms. The van der Waals surface area contributed by atoms with Crippen LogP contribution in [-0.4, -0.2) is 26.3 Å².